The second-order valence-electron chi connectivity index (χ2n) is 5.00. The first-order chi connectivity index (χ1) is 6.88. The quantitative estimate of drug-likeness (QED) is 0.834. The molecule has 1 rings (SSSR count). The molecule has 2 N–H and O–H groups in total. The fourth-order valence-electron chi connectivity index (χ4n) is 1.73. The van der Waals surface area contributed by atoms with Crippen LogP contribution in [0.5, 0.6) is 0 Å². The van der Waals surface area contributed by atoms with E-state index in [-0.39, 0.29) is 5.54 Å². The molecule has 1 aromatic rings. The van der Waals surface area contributed by atoms with Crippen molar-refractivity contribution in [1.82, 2.24) is 4.90 Å². The third kappa shape index (κ3) is 4.78. The molecule has 2 nitrogen and oxygen atoms in total. The lowest BCUT2D eigenvalue weighted by molar-refractivity contribution is 0.273. The Morgan fingerprint density at radius 1 is 1.47 bits per heavy atom. The number of nitrogens with zero attached hydrogens (tertiary/aromatic N) is 1. The zero-order valence-corrected chi connectivity index (χ0v) is 11.0. The van der Waals surface area contributed by atoms with Crippen molar-refractivity contribution in [1.29, 1.82) is 0 Å². The smallest absolute Gasteiger partial charge is 0.0225 e. The van der Waals surface area contributed by atoms with E-state index in [1.165, 1.54) is 10.4 Å². The van der Waals surface area contributed by atoms with Gasteiger partial charge >= 0.3 is 0 Å². The van der Waals surface area contributed by atoms with E-state index >= 15 is 0 Å². The van der Waals surface area contributed by atoms with Gasteiger partial charge in [-0.25, -0.2) is 0 Å². The standard InChI is InChI=1S/C12H22N2S/c1-10-6-8-15-11(10)5-7-14(4)9-12(2,3)13/h6,8H,5,7,9,13H2,1-4H3. The molecule has 1 heterocycles. The van der Waals surface area contributed by atoms with Crippen molar-refractivity contribution in [3.8, 4) is 0 Å². The highest BCUT2D eigenvalue weighted by Gasteiger charge is 2.13. The summed E-state index contributed by atoms with van der Waals surface area (Å²) < 4.78 is 0. The van der Waals surface area contributed by atoms with Gasteiger partial charge in [0.1, 0.15) is 0 Å². The van der Waals surface area contributed by atoms with Crippen LogP contribution in [0.4, 0.5) is 0 Å². The Hall–Kier alpha value is -0.380. The average molecular weight is 226 g/mol. The average Bonchev–Trinajstić information content (AvgIpc) is 2.44. The number of hydrogen-bond acceptors (Lipinski definition) is 3. The molecule has 86 valence electrons. The van der Waals surface area contributed by atoms with Crippen LogP contribution >= 0.6 is 11.3 Å². The Morgan fingerprint density at radius 2 is 2.13 bits per heavy atom. The van der Waals surface area contributed by atoms with E-state index in [2.05, 4.69) is 44.2 Å². The minimum Gasteiger partial charge on any atom is -0.324 e. The first-order valence-corrected chi connectivity index (χ1v) is 6.27. The largest absolute Gasteiger partial charge is 0.324 e. The van der Waals surface area contributed by atoms with Crippen LogP contribution in [0.25, 0.3) is 0 Å². The molecule has 3 heteroatoms. The summed E-state index contributed by atoms with van der Waals surface area (Å²) in [7, 11) is 2.14. The normalized spacial score (nSPS) is 12.4. The number of likely N-dealkylation sites (N-methyl/N-ethyl adjacent to an activating group) is 1. The van der Waals surface area contributed by atoms with E-state index in [1.54, 1.807) is 0 Å². The highest BCUT2D eigenvalue weighted by molar-refractivity contribution is 7.10. The van der Waals surface area contributed by atoms with E-state index in [4.69, 9.17) is 5.73 Å². The molecule has 0 bridgehead atoms. The minimum absolute atomic E-state index is 0.0980. The molecule has 1 aromatic heterocycles. The topological polar surface area (TPSA) is 29.3 Å². The van der Waals surface area contributed by atoms with Gasteiger partial charge in [0.15, 0.2) is 0 Å². The lowest BCUT2D eigenvalue weighted by Gasteiger charge is -2.26. The van der Waals surface area contributed by atoms with E-state index in [1.807, 2.05) is 11.3 Å². The lowest BCUT2D eigenvalue weighted by atomic mass is 10.1. The zero-order valence-electron chi connectivity index (χ0n) is 10.2. The van der Waals surface area contributed by atoms with Gasteiger partial charge in [-0.1, -0.05) is 0 Å². The third-order valence-electron chi connectivity index (χ3n) is 2.37. The number of nitrogens with two attached hydrogens (primary N) is 1. The first-order valence-electron chi connectivity index (χ1n) is 5.39. The summed E-state index contributed by atoms with van der Waals surface area (Å²) >= 11 is 1.85. The summed E-state index contributed by atoms with van der Waals surface area (Å²) in [6, 6.07) is 2.19. The first kappa shape index (κ1) is 12.7. The molecule has 0 spiro atoms. The summed E-state index contributed by atoms with van der Waals surface area (Å²) in [6.45, 7) is 8.35. The molecule has 0 aliphatic carbocycles. The predicted octanol–water partition coefficient (Wildman–Crippen LogP) is 2.27. The van der Waals surface area contributed by atoms with Gasteiger partial charge in [-0.2, -0.15) is 0 Å². The van der Waals surface area contributed by atoms with Gasteiger partial charge in [0.2, 0.25) is 0 Å². The van der Waals surface area contributed by atoms with Crippen LogP contribution in [-0.4, -0.2) is 30.6 Å². The molecule has 0 amide bonds. The molecule has 0 aromatic carbocycles. The number of thiophene rings is 1. The number of rotatable bonds is 5. The third-order valence-corrected chi connectivity index (χ3v) is 3.45. The summed E-state index contributed by atoms with van der Waals surface area (Å²) in [5, 5.41) is 2.16. The highest BCUT2D eigenvalue weighted by atomic mass is 32.1. The van der Waals surface area contributed by atoms with Crippen molar-refractivity contribution in [3.05, 3.63) is 21.9 Å². The maximum Gasteiger partial charge on any atom is 0.0225 e. The van der Waals surface area contributed by atoms with Crippen LogP contribution in [0.1, 0.15) is 24.3 Å². The Kier molecular flexibility index (Phi) is 4.32. The van der Waals surface area contributed by atoms with Gasteiger partial charge in [-0.3, -0.25) is 0 Å². The van der Waals surface area contributed by atoms with Crippen LogP contribution in [0.2, 0.25) is 0 Å². The number of aryl methyl sites for hydroxylation is 1. The molecule has 0 fully saturated rings. The summed E-state index contributed by atoms with van der Waals surface area (Å²) in [5.74, 6) is 0. The molecule has 0 unspecified atom stereocenters. The minimum atomic E-state index is -0.0980. The Bertz CT molecular complexity index is 299. The van der Waals surface area contributed by atoms with Crippen LogP contribution in [0.3, 0.4) is 0 Å². The van der Waals surface area contributed by atoms with Crippen LogP contribution < -0.4 is 5.73 Å². The van der Waals surface area contributed by atoms with E-state index < -0.39 is 0 Å². The van der Waals surface area contributed by atoms with Gasteiger partial charge in [-0.05, 0) is 51.2 Å². The Labute approximate surface area is 97.1 Å². The van der Waals surface area contributed by atoms with Gasteiger partial charge in [0.25, 0.3) is 0 Å². The maximum atomic E-state index is 5.98. The fourth-order valence-corrected chi connectivity index (χ4v) is 2.63. The number of hydrogen-bond donors (Lipinski definition) is 1. The van der Waals surface area contributed by atoms with Gasteiger partial charge in [0, 0.05) is 23.5 Å². The van der Waals surface area contributed by atoms with Crippen LogP contribution in [0.15, 0.2) is 11.4 Å². The second kappa shape index (κ2) is 5.10. The maximum absolute atomic E-state index is 5.98. The highest BCUT2D eigenvalue weighted by Crippen LogP contribution is 2.16. The van der Waals surface area contributed by atoms with Crippen molar-refractivity contribution in [3.63, 3.8) is 0 Å². The molecular formula is C12H22N2S. The van der Waals surface area contributed by atoms with E-state index in [9.17, 15) is 0 Å². The van der Waals surface area contributed by atoms with Crippen molar-refractivity contribution in [2.75, 3.05) is 20.1 Å². The monoisotopic (exact) mass is 226 g/mol. The van der Waals surface area contributed by atoms with E-state index in [0.717, 1.165) is 19.5 Å². The van der Waals surface area contributed by atoms with Crippen LogP contribution in [0, 0.1) is 6.92 Å². The SMILES string of the molecule is Cc1ccsc1CCN(C)CC(C)(C)N. The predicted molar refractivity (Wildman–Crippen MR) is 68.5 cm³/mol. The molecule has 15 heavy (non-hydrogen) atoms. The second-order valence-corrected chi connectivity index (χ2v) is 6.00. The molecule has 0 saturated carbocycles. The molecule has 0 saturated heterocycles. The lowest BCUT2D eigenvalue weighted by Crippen LogP contribution is -2.44. The fraction of sp³-hybridized carbons (Fsp3) is 0.667. The molecule has 0 atom stereocenters. The van der Waals surface area contributed by atoms with Crippen LogP contribution in [-0.2, 0) is 6.42 Å². The van der Waals surface area contributed by atoms with Crippen molar-refractivity contribution >= 4 is 11.3 Å². The Balaban J connectivity index is 2.35. The van der Waals surface area contributed by atoms with Gasteiger partial charge in [-0.15, -0.1) is 11.3 Å². The molecule has 0 aliphatic rings. The van der Waals surface area contributed by atoms with E-state index in [0.29, 0.717) is 0 Å². The zero-order chi connectivity index (χ0) is 11.5. The molecule has 0 aliphatic heterocycles. The summed E-state index contributed by atoms with van der Waals surface area (Å²) in [6.07, 6.45) is 1.14. The van der Waals surface area contributed by atoms with Gasteiger partial charge in [0.05, 0.1) is 0 Å². The van der Waals surface area contributed by atoms with Crippen molar-refractivity contribution in [2.24, 2.45) is 5.73 Å². The summed E-state index contributed by atoms with van der Waals surface area (Å²) in [4.78, 5) is 3.80. The van der Waals surface area contributed by atoms with Gasteiger partial charge < -0.3 is 10.6 Å². The molecule has 0 radical (unpaired) electrons. The van der Waals surface area contributed by atoms with Crippen molar-refractivity contribution < 1.29 is 0 Å². The Morgan fingerprint density at radius 3 is 2.60 bits per heavy atom. The molecular weight excluding hydrogens is 204 g/mol. The van der Waals surface area contributed by atoms with Crippen molar-refractivity contribution in [2.45, 2.75) is 32.7 Å². The summed E-state index contributed by atoms with van der Waals surface area (Å²) in [5.41, 5.74) is 7.30.